The number of amides is 2. The Morgan fingerprint density at radius 3 is 2.93 bits per heavy atom. The van der Waals surface area contributed by atoms with E-state index in [0.717, 1.165) is 0 Å². The Morgan fingerprint density at radius 2 is 2.29 bits per heavy atom. The molecule has 0 aromatic carbocycles. The molecule has 0 atom stereocenters. The Morgan fingerprint density at radius 1 is 1.50 bits per heavy atom. The summed E-state index contributed by atoms with van der Waals surface area (Å²) in [5.41, 5.74) is 10.3. The Kier molecular flexibility index (Phi) is 3.48. The van der Waals surface area contributed by atoms with Crippen LogP contribution in [0.25, 0.3) is 0 Å². The van der Waals surface area contributed by atoms with E-state index in [1.807, 2.05) is 0 Å². The number of primary amides is 1. The molecule has 6 N–H and O–H groups in total. The van der Waals surface area contributed by atoms with Crippen LogP contribution in [0, 0.1) is 0 Å². The molecule has 0 saturated heterocycles. The topological polar surface area (TPSA) is 119 Å². The molecule has 0 unspecified atom stereocenters. The Balaban J connectivity index is 2.28. The van der Waals surface area contributed by atoms with Gasteiger partial charge in [0.1, 0.15) is 5.82 Å². The van der Waals surface area contributed by atoms with E-state index in [1.165, 1.54) is 0 Å². The Hall–Kier alpha value is -2.05. The Bertz CT molecular complexity index is 315. The van der Waals surface area contributed by atoms with Crippen LogP contribution in [0.5, 0.6) is 0 Å². The van der Waals surface area contributed by atoms with E-state index in [4.69, 9.17) is 11.5 Å². The Labute approximate surface area is 80.9 Å². The zero-order valence-electron chi connectivity index (χ0n) is 7.53. The summed E-state index contributed by atoms with van der Waals surface area (Å²) < 4.78 is 0. The lowest BCUT2D eigenvalue weighted by Crippen LogP contribution is -2.33. The summed E-state index contributed by atoms with van der Waals surface area (Å²) in [6.45, 7) is 0.903. The highest BCUT2D eigenvalue weighted by molar-refractivity contribution is 5.71. The van der Waals surface area contributed by atoms with Crippen molar-refractivity contribution in [3.05, 3.63) is 12.3 Å². The van der Waals surface area contributed by atoms with Gasteiger partial charge in [-0.05, 0) is 6.07 Å². The maximum absolute atomic E-state index is 10.3. The summed E-state index contributed by atoms with van der Waals surface area (Å²) in [6.07, 6.45) is 1.55. The number of nitrogens with zero attached hydrogens (tertiary/aromatic N) is 2. The molecule has 1 rings (SSSR count). The third-order valence-electron chi connectivity index (χ3n) is 1.38. The summed E-state index contributed by atoms with van der Waals surface area (Å²) in [7, 11) is 0. The van der Waals surface area contributed by atoms with Gasteiger partial charge in [0.2, 0.25) is 5.95 Å². The van der Waals surface area contributed by atoms with Gasteiger partial charge >= 0.3 is 6.03 Å². The van der Waals surface area contributed by atoms with Crippen LogP contribution in [0.15, 0.2) is 12.3 Å². The van der Waals surface area contributed by atoms with Crippen LogP contribution in [0.2, 0.25) is 0 Å². The number of hydrogen-bond donors (Lipinski definition) is 4. The second kappa shape index (κ2) is 4.85. The summed E-state index contributed by atoms with van der Waals surface area (Å²) in [4.78, 5) is 18.1. The number of nitrogens with one attached hydrogen (secondary N) is 2. The largest absolute Gasteiger partial charge is 0.384 e. The first-order chi connectivity index (χ1) is 6.68. The highest BCUT2D eigenvalue weighted by atomic mass is 16.2. The van der Waals surface area contributed by atoms with Crippen molar-refractivity contribution in [2.45, 2.75) is 0 Å². The van der Waals surface area contributed by atoms with Crippen LogP contribution < -0.4 is 22.1 Å². The number of anilines is 2. The molecule has 0 bridgehead atoms. The van der Waals surface area contributed by atoms with Crippen molar-refractivity contribution in [1.29, 1.82) is 0 Å². The van der Waals surface area contributed by atoms with Gasteiger partial charge in [-0.2, -0.15) is 4.98 Å². The zero-order chi connectivity index (χ0) is 10.4. The molecular formula is C7H12N6O. The maximum Gasteiger partial charge on any atom is 0.312 e. The van der Waals surface area contributed by atoms with E-state index in [1.54, 1.807) is 12.3 Å². The lowest BCUT2D eigenvalue weighted by atomic mass is 10.6. The molecule has 0 radical (unpaired) electrons. The molecule has 0 aliphatic heterocycles. The molecule has 14 heavy (non-hydrogen) atoms. The number of carbonyl (C=O) groups excluding carboxylic acids is 1. The monoisotopic (exact) mass is 196 g/mol. The van der Waals surface area contributed by atoms with Gasteiger partial charge < -0.3 is 22.1 Å². The normalized spacial score (nSPS) is 9.43. The van der Waals surface area contributed by atoms with Crippen molar-refractivity contribution in [3.63, 3.8) is 0 Å². The number of aromatic nitrogens is 2. The predicted octanol–water partition coefficient (Wildman–Crippen LogP) is -0.861. The molecule has 1 heterocycles. The van der Waals surface area contributed by atoms with E-state index in [9.17, 15) is 4.79 Å². The van der Waals surface area contributed by atoms with Crippen LogP contribution in [0.4, 0.5) is 16.6 Å². The molecule has 0 fully saturated rings. The van der Waals surface area contributed by atoms with Gasteiger partial charge in [-0.15, -0.1) is 0 Å². The minimum Gasteiger partial charge on any atom is -0.384 e. The van der Waals surface area contributed by atoms with Crippen LogP contribution in [0.3, 0.4) is 0 Å². The average molecular weight is 196 g/mol. The van der Waals surface area contributed by atoms with E-state index < -0.39 is 6.03 Å². The highest BCUT2D eigenvalue weighted by Crippen LogP contribution is 1.99. The minimum atomic E-state index is -0.555. The summed E-state index contributed by atoms with van der Waals surface area (Å²) in [5.74, 6) is 0.821. The minimum absolute atomic E-state index is 0.394. The number of carbonyl (C=O) groups is 1. The van der Waals surface area contributed by atoms with Gasteiger partial charge in [-0.25, -0.2) is 9.78 Å². The van der Waals surface area contributed by atoms with Gasteiger partial charge in [-0.3, -0.25) is 0 Å². The molecular weight excluding hydrogens is 184 g/mol. The molecule has 1 aromatic rings. The molecule has 7 heteroatoms. The number of nitrogen functional groups attached to an aromatic ring is 1. The van der Waals surface area contributed by atoms with E-state index in [2.05, 4.69) is 20.6 Å². The third kappa shape index (κ3) is 3.57. The van der Waals surface area contributed by atoms with Crippen molar-refractivity contribution < 1.29 is 4.79 Å². The number of nitrogens with two attached hydrogens (primary N) is 2. The van der Waals surface area contributed by atoms with Gasteiger partial charge in [0.05, 0.1) is 0 Å². The first-order valence-electron chi connectivity index (χ1n) is 4.04. The van der Waals surface area contributed by atoms with Gasteiger partial charge in [0.25, 0.3) is 0 Å². The fourth-order valence-corrected chi connectivity index (χ4v) is 0.818. The average Bonchev–Trinajstić information content (AvgIpc) is 2.12. The first kappa shape index (κ1) is 10.0. The maximum atomic E-state index is 10.3. The fourth-order valence-electron chi connectivity index (χ4n) is 0.818. The lowest BCUT2D eigenvalue weighted by Gasteiger charge is -2.04. The SMILES string of the molecule is NC(=O)NCCNc1nccc(N)n1. The highest BCUT2D eigenvalue weighted by Gasteiger charge is 1.95. The number of urea groups is 1. The van der Waals surface area contributed by atoms with E-state index >= 15 is 0 Å². The van der Waals surface area contributed by atoms with Crippen molar-refractivity contribution in [2.24, 2.45) is 5.73 Å². The van der Waals surface area contributed by atoms with E-state index in [-0.39, 0.29) is 0 Å². The molecule has 1 aromatic heterocycles. The van der Waals surface area contributed by atoms with Crippen molar-refractivity contribution in [2.75, 3.05) is 24.1 Å². The van der Waals surface area contributed by atoms with Crippen LogP contribution >= 0.6 is 0 Å². The van der Waals surface area contributed by atoms with Gasteiger partial charge in [-0.1, -0.05) is 0 Å². The smallest absolute Gasteiger partial charge is 0.312 e. The second-order valence-corrected chi connectivity index (χ2v) is 2.52. The molecule has 0 aliphatic rings. The lowest BCUT2D eigenvalue weighted by molar-refractivity contribution is 0.249. The molecule has 76 valence electrons. The standard InChI is InChI=1S/C7H12N6O/c8-5-1-2-11-7(13-5)12-4-3-10-6(9)14/h1-2H,3-4H2,(H3,9,10,14)(H3,8,11,12,13). The molecule has 0 saturated carbocycles. The summed E-state index contributed by atoms with van der Waals surface area (Å²) in [5, 5.41) is 5.29. The number of rotatable bonds is 4. The molecule has 0 spiro atoms. The summed E-state index contributed by atoms with van der Waals surface area (Å²) in [6, 6.07) is 1.03. The third-order valence-corrected chi connectivity index (χ3v) is 1.38. The van der Waals surface area contributed by atoms with Crippen molar-refractivity contribution in [1.82, 2.24) is 15.3 Å². The van der Waals surface area contributed by atoms with Gasteiger partial charge in [0, 0.05) is 19.3 Å². The quantitative estimate of drug-likeness (QED) is 0.467. The van der Waals surface area contributed by atoms with Gasteiger partial charge in [0.15, 0.2) is 0 Å². The fraction of sp³-hybridized carbons (Fsp3) is 0.286. The van der Waals surface area contributed by atoms with Crippen LogP contribution in [-0.4, -0.2) is 29.1 Å². The molecule has 0 aliphatic carbocycles. The molecule has 2 amide bonds. The zero-order valence-corrected chi connectivity index (χ0v) is 7.53. The number of hydrogen-bond acceptors (Lipinski definition) is 5. The van der Waals surface area contributed by atoms with Crippen LogP contribution in [-0.2, 0) is 0 Å². The predicted molar refractivity (Wildman–Crippen MR) is 52.5 cm³/mol. The molecule has 7 nitrogen and oxygen atoms in total. The summed E-state index contributed by atoms with van der Waals surface area (Å²) >= 11 is 0. The second-order valence-electron chi connectivity index (χ2n) is 2.52. The van der Waals surface area contributed by atoms with Crippen molar-refractivity contribution in [3.8, 4) is 0 Å². The first-order valence-corrected chi connectivity index (χ1v) is 4.04. The van der Waals surface area contributed by atoms with Crippen molar-refractivity contribution >= 4 is 17.8 Å². The van der Waals surface area contributed by atoms with E-state index in [0.29, 0.717) is 24.9 Å². The van der Waals surface area contributed by atoms with Crippen LogP contribution in [0.1, 0.15) is 0 Å².